The Bertz CT molecular complexity index is 1310. The number of phenols is 4. The van der Waals surface area contributed by atoms with Gasteiger partial charge < -0.3 is 35.0 Å². The van der Waals surface area contributed by atoms with E-state index in [0.29, 0.717) is 11.1 Å². The van der Waals surface area contributed by atoms with E-state index >= 15 is 0 Å². The maximum absolute atomic E-state index is 12.7. The number of carbonyl (C=O) groups is 2. The summed E-state index contributed by atoms with van der Waals surface area (Å²) in [6.45, 7) is 1.29. The lowest BCUT2D eigenvalue weighted by molar-refractivity contribution is -0.139. The molecule has 2 aliphatic rings. The first kappa shape index (κ1) is 22.5. The summed E-state index contributed by atoms with van der Waals surface area (Å²) in [5, 5.41) is 49.3. The molecule has 1 fully saturated rings. The number of aliphatic hydroxyl groups is 1. The number of phenolic OH excluding ortho intramolecular Hbond substituents is 4. The van der Waals surface area contributed by atoms with Crippen LogP contribution in [0, 0.1) is 5.92 Å². The van der Waals surface area contributed by atoms with Crippen LogP contribution in [0.25, 0.3) is 6.08 Å². The number of ether oxygens (including phenoxy) is 2. The largest absolute Gasteiger partial charge is 0.507 e. The molecule has 0 bridgehead atoms. The van der Waals surface area contributed by atoms with Crippen LogP contribution in [-0.4, -0.2) is 37.3 Å². The first-order valence-electron chi connectivity index (χ1n) is 10.1. The summed E-state index contributed by atoms with van der Waals surface area (Å²) in [5.74, 6) is -3.94. The van der Waals surface area contributed by atoms with Crippen LogP contribution in [0.2, 0.25) is 0 Å². The Morgan fingerprint density at radius 2 is 1.59 bits per heavy atom. The summed E-state index contributed by atoms with van der Waals surface area (Å²) in [7, 11) is 0. The van der Waals surface area contributed by atoms with Crippen LogP contribution in [0.1, 0.15) is 24.2 Å². The maximum atomic E-state index is 12.7. The second-order valence-corrected chi connectivity index (χ2v) is 7.74. The van der Waals surface area contributed by atoms with Crippen molar-refractivity contribution in [3.8, 4) is 23.0 Å². The van der Waals surface area contributed by atoms with Crippen LogP contribution in [0.4, 0.5) is 0 Å². The average molecular weight is 464 g/mol. The van der Waals surface area contributed by atoms with E-state index in [1.54, 1.807) is 0 Å². The second kappa shape index (κ2) is 8.70. The molecule has 1 saturated heterocycles. The van der Waals surface area contributed by atoms with Crippen LogP contribution in [0.15, 0.2) is 77.5 Å². The van der Waals surface area contributed by atoms with E-state index < -0.39 is 29.5 Å². The monoisotopic (exact) mass is 464 g/mol. The van der Waals surface area contributed by atoms with Gasteiger partial charge in [0.15, 0.2) is 28.8 Å². The molecule has 0 amide bonds. The Kier molecular flexibility index (Phi) is 5.77. The third-order valence-electron chi connectivity index (χ3n) is 5.28. The highest BCUT2D eigenvalue weighted by molar-refractivity contribution is 5.95. The number of allylic oxidation sites excluding steroid dienone is 3. The van der Waals surface area contributed by atoms with Crippen LogP contribution in [0.5, 0.6) is 23.0 Å². The van der Waals surface area contributed by atoms with E-state index in [2.05, 4.69) is 0 Å². The number of aliphatic hydroxyl groups excluding tert-OH is 1. The van der Waals surface area contributed by atoms with E-state index in [-0.39, 0.29) is 40.1 Å². The smallest absolute Gasteiger partial charge is 0.339 e. The zero-order chi connectivity index (χ0) is 24.6. The van der Waals surface area contributed by atoms with Gasteiger partial charge in [-0.1, -0.05) is 18.2 Å². The Labute approximate surface area is 193 Å². The molecule has 0 aliphatic carbocycles. The van der Waals surface area contributed by atoms with Crippen molar-refractivity contribution >= 4 is 17.8 Å². The topological polar surface area (TPSA) is 154 Å². The number of cyclic esters (lactones) is 1. The molecule has 2 aliphatic heterocycles. The van der Waals surface area contributed by atoms with E-state index in [1.807, 2.05) is 0 Å². The highest BCUT2D eigenvalue weighted by Gasteiger charge is 2.47. The van der Waals surface area contributed by atoms with Crippen molar-refractivity contribution < 1.29 is 44.6 Å². The van der Waals surface area contributed by atoms with Crippen molar-refractivity contribution in [3.05, 3.63) is 88.6 Å². The predicted molar refractivity (Wildman–Crippen MR) is 118 cm³/mol. The minimum absolute atomic E-state index is 0.0272. The fourth-order valence-corrected chi connectivity index (χ4v) is 3.72. The molecule has 0 aromatic heterocycles. The van der Waals surface area contributed by atoms with Crippen molar-refractivity contribution in [1.82, 2.24) is 0 Å². The summed E-state index contributed by atoms with van der Waals surface area (Å²) < 4.78 is 11.3. The molecule has 2 heterocycles. The molecule has 5 N–H and O–H groups in total. The highest BCUT2D eigenvalue weighted by atomic mass is 16.6. The lowest BCUT2D eigenvalue weighted by atomic mass is 9.88. The molecular formula is C25H20O9. The molecule has 0 radical (unpaired) electrons. The summed E-state index contributed by atoms with van der Waals surface area (Å²) in [4.78, 5) is 24.6. The number of carbonyl (C=O) groups excluding carboxylic acids is 2. The van der Waals surface area contributed by atoms with Crippen LogP contribution >= 0.6 is 0 Å². The molecule has 0 unspecified atom stereocenters. The van der Waals surface area contributed by atoms with Gasteiger partial charge in [-0.25, -0.2) is 4.79 Å². The van der Waals surface area contributed by atoms with Crippen LogP contribution in [-0.2, 0) is 19.1 Å². The predicted octanol–water partition coefficient (Wildman–Crippen LogP) is 3.64. The van der Waals surface area contributed by atoms with Crippen molar-refractivity contribution in [2.75, 3.05) is 0 Å². The molecule has 0 spiro atoms. The Morgan fingerprint density at radius 3 is 2.24 bits per heavy atom. The first-order chi connectivity index (χ1) is 16.1. The molecule has 2 atom stereocenters. The van der Waals surface area contributed by atoms with Gasteiger partial charge in [0, 0.05) is 12.2 Å². The lowest BCUT2D eigenvalue weighted by Crippen LogP contribution is -2.15. The third kappa shape index (κ3) is 4.31. The van der Waals surface area contributed by atoms with Gasteiger partial charge >= 0.3 is 5.97 Å². The number of ketones is 1. The van der Waals surface area contributed by atoms with Crippen molar-refractivity contribution in [2.24, 2.45) is 5.92 Å². The van der Waals surface area contributed by atoms with E-state index in [9.17, 15) is 35.1 Å². The van der Waals surface area contributed by atoms with Crippen molar-refractivity contribution in [2.45, 2.75) is 13.0 Å². The number of benzene rings is 2. The second-order valence-electron chi connectivity index (χ2n) is 7.74. The summed E-state index contributed by atoms with van der Waals surface area (Å²) >= 11 is 0. The van der Waals surface area contributed by atoms with E-state index in [4.69, 9.17) is 9.47 Å². The first-order valence-corrected chi connectivity index (χ1v) is 10.1. The van der Waals surface area contributed by atoms with E-state index in [1.165, 1.54) is 67.6 Å². The van der Waals surface area contributed by atoms with Crippen LogP contribution < -0.4 is 0 Å². The molecule has 2 aromatic carbocycles. The van der Waals surface area contributed by atoms with Gasteiger partial charge in [-0.2, -0.15) is 0 Å². The van der Waals surface area contributed by atoms with Gasteiger partial charge in [-0.15, -0.1) is 0 Å². The SMILES string of the molecule is CC(=O)C=C1OC(C=Cc2ccc(O)c(O)c2)=CC(O)=C2C(=O)O[C@@H](c3ccc(O)c(O)c3)[C@H]12. The number of hydrogen-bond acceptors (Lipinski definition) is 9. The number of fused-ring (bicyclic) bond motifs is 1. The maximum Gasteiger partial charge on any atom is 0.339 e. The van der Waals surface area contributed by atoms with Gasteiger partial charge in [-0.3, -0.25) is 4.79 Å². The summed E-state index contributed by atoms with van der Waals surface area (Å²) in [6.07, 6.45) is 4.30. The summed E-state index contributed by atoms with van der Waals surface area (Å²) in [6, 6.07) is 8.03. The van der Waals surface area contributed by atoms with Gasteiger partial charge in [0.25, 0.3) is 0 Å². The normalized spacial score (nSPS) is 21.1. The fourth-order valence-electron chi connectivity index (χ4n) is 3.72. The quantitative estimate of drug-likeness (QED) is 0.259. The van der Waals surface area contributed by atoms with Gasteiger partial charge in [0.05, 0.1) is 11.5 Å². The zero-order valence-corrected chi connectivity index (χ0v) is 17.8. The zero-order valence-electron chi connectivity index (χ0n) is 17.8. The third-order valence-corrected chi connectivity index (χ3v) is 5.28. The molecular weight excluding hydrogens is 444 g/mol. The molecule has 34 heavy (non-hydrogen) atoms. The van der Waals surface area contributed by atoms with Gasteiger partial charge in [0.2, 0.25) is 0 Å². The molecule has 9 heteroatoms. The van der Waals surface area contributed by atoms with Crippen molar-refractivity contribution in [1.29, 1.82) is 0 Å². The van der Waals surface area contributed by atoms with Crippen molar-refractivity contribution in [3.63, 3.8) is 0 Å². The average Bonchev–Trinajstić information content (AvgIpc) is 3.05. The fraction of sp³-hybridized carbons (Fsp3) is 0.120. The summed E-state index contributed by atoms with van der Waals surface area (Å²) in [5.41, 5.74) is 0.689. The van der Waals surface area contributed by atoms with Gasteiger partial charge in [0.1, 0.15) is 23.4 Å². The molecule has 4 rings (SSSR count). The number of rotatable bonds is 4. The molecule has 9 nitrogen and oxygen atoms in total. The van der Waals surface area contributed by atoms with Gasteiger partial charge in [-0.05, 0) is 48.4 Å². The number of hydrogen-bond donors (Lipinski definition) is 5. The number of aromatic hydroxyl groups is 4. The Hall–Kier alpha value is -4.66. The Morgan fingerprint density at radius 1 is 0.912 bits per heavy atom. The molecule has 2 aromatic rings. The van der Waals surface area contributed by atoms with E-state index in [0.717, 1.165) is 0 Å². The minimum atomic E-state index is -1.05. The standard InChI is InChI=1S/C25H20O9/c1-12(26)8-21-23-22(25(32)34-24(23)14-4-7-17(28)19(30)10-14)20(31)11-15(33-21)5-2-13-3-6-16(27)18(29)9-13/h2-11,23-24,27-31H,1H3/t23-,24+/m1/s1. The number of esters is 1. The van der Waals surface area contributed by atoms with Crippen LogP contribution in [0.3, 0.4) is 0 Å². The molecule has 0 saturated carbocycles. The molecule has 174 valence electrons. The minimum Gasteiger partial charge on any atom is -0.507 e. The Balaban J connectivity index is 1.76. The highest BCUT2D eigenvalue weighted by Crippen LogP contribution is 2.47. The lowest BCUT2D eigenvalue weighted by Gasteiger charge is -2.21.